The molecule has 0 bridgehead atoms. The van der Waals surface area contributed by atoms with Gasteiger partial charge in [-0.1, -0.05) is 117 Å². The standard InChI is InChI=1S/C53H65N5O7/c1-3-5-15-32-63-47-28-26-38-20-9-11-23-43(38)49(47)50-44-24-12-10-21-39(44)27-29-48(50)64-36-42(59)33-40(22-13-14-30-54)51(61)58-45(25-16-31-57-53(55)56)46(60)34-41(17-4-2)52(62)65-35-37-18-7-6-8-19-37/h4,6-12,18-21,23-24,26-29,40-41,45H,2-3,5,13-17,22,25,30-36,54H2,1H3,(H,58,61)(H4,55,56,57)/p+2/t40-,41+,45+/m0/s1. The smallest absolute Gasteiger partial charge is 0.338 e. The fourth-order valence-corrected chi connectivity index (χ4v) is 8.02. The first kappa shape index (κ1) is 49.5. The predicted molar refractivity (Wildman–Crippen MR) is 257 cm³/mol. The number of nitrogens with two attached hydrogens (primary N) is 2. The number of hydrogen-bond acceptors (Lipinski definition) is 7. The van der Waals surface area contributed by atoms with Gasteiger partial charge in [0.1, 0.15) is 24.7 Å². The number of benzene rings is 5. The van der Waals surface area contributed by atoms with Crippen molar-refractivity contribution in [1.29, 1.82) is 0 Å². The summed E-state index contributed by atoms with van der Waals surface area (Å²) in [6.45, 7) is 7.35. The number of amides is 1. The topological polar surface area (TPSA) is 202 Å². The maximum atomic E-state index is 14.2. The molecule has 9 N–H and O–H groups in total. The number of carbonyl (C=O) groups excluding carboxylic acids is 4. The van der Waals surface area contributed by atoms with Crippen molar-refractivity contribution in [3.8, 4) is 22.6 Å². The second-order valence-corrected chi connectivity index (χ2v) is 16.5. The molecule has 3 atom stereocenters. The number of esters is 1. The number of nitrogens with one attached hydrogen (secondary N) is 2. The summed E-state index contributed by atoms with van der Waals surface area (Å²) < 4.78 is 18.6. The monoisotopic (exact) mass is 886 g/mol. The highest BCUT2D eigenvalue weighted by Crippen LogP contribution is 2.45. The van der Waals surface area contributed by atoms with Gasteiger partial charge in [-0.15, -0.1) is 6.58 Å². The lowest BCUT2D eigenvalue weighted by molar-refractivity contribution is -0.459. The molecular formula is C53H67N5O7+2. The molecule has 0 spiro atoms. The van der Waals surface area contributed by atoms with Crippen LogP contribution in [0.1, 0.15) is 83.1 Å². The van der Waals surface area contributed by atoms with Crippen LogP contribution in [0.2, 0.25) is 0 Å². The highest BCUT2D eigenvalue weighted by atomic mass is 16.5. The summed E-state index contributed by atoms with van der Waals surface area (Å²) in [5.41, 5.74) is 17.7. The van der Waals surface area contributed by atoms with Gasteiger partial charge in [-0.3, -0.25) is 35.6 Å². The molecule has 0 aromatic heterocycles. The molecular weight excluding hydrogens is 819 g/mol. The molecule has 5 aromatic carbocycles. The Morgan fingerprint density at radius 1 is 0.738 bits per heavy atom. The Morgan fingerprint density at radius 3 is 2.02 bits per heavy atom. The molecule has 5 rings (SSSR count). The van der Waals surface area contributed by atoms with Crippen LogP contribution in [0.3, 0.4) is 0 Å². The van der Waals surface area contributed by atoms with Crippen molar-refractivity contribution in [2.45, 2.75) is 90.2 Å². The predicted octanol–water partition coefficient (Wildman–Crippen LogP) is 6.11. The number of rotatable bonds is 29. The van der Waals surface area contributed by atoms with Crippen LogP contribution in [0.4, 0.5) is 0 Å². The third-order valence-electron chi connectivity index (χ3n) is 11.5. The van der Waals surface area contributed by atoms with Crippen LogP contribution in [0, 0.1) is 11.8 Å². The lowest BCUT2D eigenvalue weighted by Crippen LogP contribution is -2.78. The fourth-order valence-electron chi connectivity index (χ4n) is 8.02. The minimum atomic E-state index is -0.946. The molecule has 0 saturated carbocycles. The summed E-state index contributed by atoms with van der Waals surface area (Å²) >= 11 is 0. The van der Waals surface area contributed by atoms with E-state index in [4.69, 9.17) is 25.7 Å². The number of guanidine groups is 1. The molecule has 1 amide bonds. The van der Waals surface area contributed by atoms with Crippen molar-refractivity contribution in [3.05, 3.63) is 121 Å². The van der Waals surface area contributed by atoms with Crippen molar-refractivity contribution in [2.24, 2.45) is 23.3 Å². The number of quaternary nitrogens is 1. The van der Waals surface area contributed by atoms with Crippen molar-refractivity contribution in [1.82, 2.24) is 5.32 Å². The van der Waals surface area contributed by atoms with Crippen LogP contribution >= 0.6 is 0 Å². The Balaban J connectivity index is 1.36. The number of unbranched alkanes of at least 4 members (excludes halogenated alkanes) is 3. The van der Waals surface area contributed by atoms with E-state index in [2.05, 4.69) is 53.8 Å². The number of ketones is 2. The van der Waals surface area contributed by atoms with Gasteiger partial charge >= 0.3 is 11.9 Å². The lowest BCUT2D eigenvalue weighted by Gasteiger charge is -2.23. The van der Waals surface area contributed by atoms with Crippen molar-refractivity contribution in [2.75, 3.05) is 26.3 Å². The molecule has 0 saturated heterocycles. The van der Waals surface area contributed by atoms with Gasteiger partial charge in [0.05, 0.1) is 31.7 Å². The number of Topliss-reactive ketones (excluding diaryl/α,β-unsaturated/α-hetero) is 2. The van der Waals surface area contributed by atoms with E-state index in [9.17, 15) is 19.2 Å². The van der Waals surface area contributed by atoms with Crippen LogP contribution < -0.4 is 37.0 Å². The van der Waals surface area contributed by atoms with Gasteiger partial charge in [0.15, 0.2) is 11.6 Å². The van der Waals surface area contributed by atoms with Gasteiger partial charge in [-0.05, 0) is 84.2 Å². The van der Waals surface area contributed by atoms with Crippen LogP contribution in [-0.4, -0.2) is 61.7 Å². The molecule has 0 aliphatic rings. The minimum absolute atomic E-state index is 0.0412. The quantitative estimate of drug-likeness (QED) is 0.0124. The molecule has 0 aliphatic heterocycles. The SMILES string of the molecule is C=CC[C@H](CC(=O)[C@@H](CCC[NH+]=C(N)N)NC(=O)[C@@H](CCCC[NH3+])CC(=O)COc1ccc2ccccc2c1-c1c(OCCCCC)ccc2ccccc12)C(=O)OCc1ccccc1. The van der Waals surface area contributed by atoms with Gasteiger partial charge < -0.3 is 25.3 Å². The Kier molecular flexibility index (Phi) is 20.0. The van der Waals surface area contributed by atoms with Gasteiger partial charge in [0.2, 0.25) is 5.91 Å². The average Bonchev–Trinajstić information content (AvgIpc) is 3.31. The van der Waals surface area contributed by atoms with E-state index < -0.39 is 29.8 Å². The van der Waals surface area contributed by atoms with Gasteiger partial charge in [0, 0.05) is 29.9 Å². The minimum Gasteiger partial charge on any atom is -0.493 e. The highest BCUT2D eigenvalue weighted by Gasteiger charge is 2.31. The summed E-state index contributed by atoms with van der Waals surface area (Å²) in [7, 11) is 0. The highest BCUT2D eigenvalue weighted by molar-refractivity contribution is 6.10. The first-order valence-corrected chi connectivity index (χ1v) is 23.0. The van der Waals surface area contributed by atoms with E-state index in [1.165, 1.54) is 0 Å². The second-order valence-electron chi connectivity index (χ2n) is 16.5. The fraction of sp³-hybridized carbons (Fsp3) is 0.377. The summed E-state index contributed by atoms with van der Waals surface area (Å²) in [5.74, 6) is -1.77. The normalized spacial score (nSPS) is 12.5. The van der Waals surface area contributed by atoms with Crippen molar-refractivity contribution >= 4 is 50.9 Å². The molecule has 0 unspecified atom stereocenters. The number of hydrogen-bond donors (Lipinski definition) is 5. The third kappa shape index (κ3) is 15.0. The summed E-state index contributed by atoms with van der Waals surface area (Å²) in [6, 6.07) is 32.5. The third-order valence-corrected chi connectivity index (χ3v) is 11.5. The van der Waals surface area contributed by atoms with Crippen LogP contribution in [0.5, 0.6) is 11.5 Å². The molecule has 12 nitrogen and oxygen atoms in total. The zero-order valence-electron chi connectivity index (χ0n) is 37.9. The Hall–Kier alpha value is -6.53. The van der Waals surface area contributed by atoms with Crippen molar-refractivity contribution in [3.63, 3.8) is 0 Å². The molecule has 0 heterocycles. The van der Waals surface area contributed by atoms with E-state index in [-0.39, 0.29) is 56.4 Å². The van der Waals surface area contributed by atoms with E-state index in [0.29, 0.717) is 44.7 Å². The summed E-state index contributed by atoms with van der Waals surface area (Å²) in [5, 5.41) is 6.98. The van der Waals surface area contributed by atoms with E-state index in [1.54, 1.807) is 6.08 Å². The maximum absolute atomic E-state index is 14.2. The van der Waals surface area contributed by atoms with E-state index in [0.717, 1.165) is 69.7 Å². The zero-order chi connectivity index (χ0) is 46.4. The van der Waals surface area contributed by atoms with E-state index in [1.807, 2.05) is 78.9 Å². The molecule has 0 fully saturated rings. The average molecular weight is 886 g/mol. The molecule has 0 aliphatic carbocycles. The van der Waals surface area contributed by atoms with Crippen LogP contribution in [-0.2, 0) is 30.5 Å². The second kappa shape index (κ2) is 26.3. The molecule has 0 radical (unpaired) electrons. The Bertz CT molecular complexity index is 2380. The first-order valence-electron chi connectivity index (χ1n) is 23.0. The molecule has 344 valence electrons. The van der Waals surface area contributed by atoms with E-state index >= 15 is 0 Å². The molecule has 5 aromatic rings. The van der Waals surface area contributed by atoms with Crippen LogP contribution in [0.15, 0.2) is 116 Å². The number of fused-ring (bicyclic) bond motifs is 2. The summed E-state index contributed by atoms with van der Waals surface area (Å²) in [4.78, 5) is 58.4. The van der Waals surface area contributed by atoms with Gasteiger partial charge in [0.25, 0.3) is 0 Å². The zero-order valence-corrected chi connectivity index (χ0v) is 37.9. The number of ether oxygens (including phenoxy) is 3. The van der Waals surface area contributed by atoms with Gasteiger partial charge in [-0.2, -0.15) is 0 Å². The number of carbonyl (C=O) groups is 4. The largest absolute Gasteiger partial charge is 0.493 e. The van der Waals surface area contributed by atoms with Crippen molar-refractivity contribution < 1.29 is 44.1 Å². The first-order chi connectivity index (χ1) is 31.6. The summed E-state index contributed by atoms with van der Waals surface area (Å²) in [6.07, 6.45) is 7.11. The molecule has 65 heavy (non-hydrogen) atoms. The van der Waals surface area contributed by atoms with Gasteiger partial charge in [-0.25, -0.2) is 0 Å². The number of allylic oxidation sites excluding steroid dienone is 1. The lowest BCUT2D eigenvalue weighted by atomic mass is 9.91. The Morgan fingerprint density at radius 2 is 1.38 bits per heavy atom. The maximum Gasteiger partial charge on any atom is 0.338 e. The molecule has 12 heteroatoms. The van der Waals surface area contributed by atoms with Crippen LogP contribution in [0.25, 0.3) is 32.7 Å². The Labute approximate surface area is 383 Å².